The van der Waals surface area contributed by atoms with Crippen molar-refractivity contribution in [3.63, 3.8) is 0 Å². The maximum atomic E-state index is 13.0. The lowest BCUT2D eigenvalue weighted by Crippen LogP contribution is -2.50. The molecular formula is C20H27N3O3S2. The van der Waals surface area contributed by atoms with Crippen molar-refractivity contribution >= 4 is 27.3 Å². The summed E-state index contributed by atoms with van der Waals surface area (Å²) in [5.74, 6) is -0.0575. The molecule has 3 rings (SSSR count). The molecule has 0 atom stereocenters. The van der Waals surface area contributed by atoms with Crippen molar-refractivity contribution in [1.82, 2.24) is 14.2 Å². The number of thiazole rings is 1. The van der Waals surface area contributed by atoms with Crippen LogP contribution in [0.15, 0.2) is 29.2 Å². The van der Waals surface area contributed by atoms with Gasteiger partial charge in [0.05, 0.1) is 15.6 Å². The molecule has 1 aromatic heterocycles. The van der Waals surface area contributed by atoms with Crippen LogP contribution in [0.2, 0.25) is 0 Å². The van der Waals surface area contributed by atoms with Crippen LogP contribution >= 0.6 is 11.3 Å². The zero-order valence-electron chi connectivity index (χ0n) is 17.0. The van der Waals surface area contributed by atoms with Crippen LogP contribution in [0.1, 0.15) is 46.7 Å². The van der Waals surface area contributed by atoms with Gasteiger partial charge >= 0.3 is 0 Å². The molecule has 0 aliphatic carbocycles. The number of hydrogen-bond donors (Lipinski definition) is 0. The summed E-state index contributed by atoms with van der Waals surface area (Å²) in [6, 6.07) is 6.87. The molecule has 28 heavy (non-hydrogen) atoms. The highest BCUT2D eigenvalue weighted by Crippen LogP contribution is 2.30. The topological polar surface area (TPSA) is 70.6 Å². The minimum atomic E-state index is -3.53. The van der Waals surface area contributed by atoms with Gasteiger partial charge in [-0.3, -0.25) is 4.79 Å². The number of aromatic nitrogens is 1. The van der Waals surface area contributed by atoms with Gasteiger partial charge in [0.2, 0.25) is 10.0 Å². The molecule has 1 saturated heterocycles. The Bertz CT molecular complexity index is 965. The molecule has 152 valence electrons. The molecule has 0 saturated carbocycles. The Balaban J connectivity index is 1.71. The maximum Gasteiger partial charge on any atom is 0.265 e. The molecule has 1 aliphatic rings. The fourth-order valence-electron chi connectivity index (χ4n) is 3.05. The molecule has 8 heteroatoms. The molecule has 1 aromatic carbocycles. The average molecular weight is 422 g/mol. The smallest absolute Gasteiger partial charge is 0.265 e. The number of sulfonamides is 1. The van der Waals surface area contributed by atoms with E-state index in [4.69, 9.17) is 0 Å². The molecule has 1 aliphatic heterocycles. The van der Waals surface area contributed by atoms with E-state index in [-0.39, 0.29) is 11.3 Å². The Morgan fingerprint density at radius 1 is 1.04 bits per heavy atom. The molecule has 1 amide bonds. The van der Waals surface area contributed by atoms with E-state index in [0.29, 0.717) is 36.0 Å². The lowest BCUT2D eigenvalue weighted by molar-refractivity contribution is 0.0702. The van der Waals surface area contributed by atoms with Crippen molar-refractivity contribution in [3.8, 4) is 0 Å². The predicted molar refractivity (Wildman–Crippen MR) is 111 cm³/mol. The van der Waals surface area contributed by atoms with E-state index in [0.717, 1.165) is 16.3 Å². The van der Waals surface area contributed by atoms with Crippen molar-refractivity contribution in [3.05, 3.63) is 45.4 Å². The lowest BCUT2D eigenvalue weighted by atomic mass is 9.98. The van der Waals surface area contributed by atoms with Gasteiger partial charge in [0.25, 0.3) is 5.91 Å². The molecule has 2 aromatic rings. The second-order valence-corrected chi connectivity index (χ2v) is 11.1. The molecule has 0 N–H and O–H groups in total. The van der Waals surface area contributed by atoms with Crippen LogP contribution in [0.5, 0.6) is 0 Å². The number of nitrogens with zero attached hydrogens (tertiary/aromatic N) is 3. The van der Waals surface area contributed by atoms with Gasteiger partial charge < -0.3 is 4.90 Å². The van der Waals surface area contributed by atoms with Crippen molar-refractivity contribution in [2.24, 2.45) is 0 Å². The van der Waals surface area contributed by atoms with E-state index < -0.39 is 10.0 Å². The van der Waals surface area contributed by atoms with Gasteiger partial charge in [0.1, 0.15) is 4.88 Å². The van der Waals surface area contributed by atoms with Crippen LogP contribution in [0.25, 0.3) is 0 Å². The minimum Gasteiger partial charge on any atom is -0.335 e. The van der Waals surface area contributed by atoms with Gasteiger partial charge in [0.15, 0.2) is 0 Å². The van der Waals surface area contributed by atoms with Crippen molar-refractivity contribution < 1.29 is 13.2 Å². The lowest BCUT2D eigenvalue weighted by Gasteiger charge is -2.33. The number of hydrogen-bond acceptors (Lipinski definition) is 5. The summed E-state index contributed by atoms with van der Waals surface area (Å²) >= 11 is 1.44. The highest BCUT2D eigenvalue weighted by molar-refractivity contribution is 7.89. The molecule has 6 nitrogen and oxygen atoms in total. The standard InChI is InChI=1S/C20H27N3O3S2/c1-14-6-8-16(9-7-14)28(25,26)23-12-10-22(11-13-23)18(24)17-15(2)21-19(27-17)20(3,4)5/h6-9H,10-13H2,1-5H3. The van der Waals surface area contributed by atoms with Crippen LogP contribution in [0.3, 0.4) is 0 Å². The molecule has 1 fully saturated rings. The highest BCUT2D eigenvalue weighted by Gasteiger charge is 2.32. The van der Waals surface area contributed by atoms with Crippen molar-refractivity contribution in [2.75, 3.05) is 26.2 Å². The maximum absolute atomic E-state index is 13.0. The first-order chi connectivity index (χ1) is 13.0. The van der Waals surface area contributed by atoms with E-state index in [1.165, 1.54) is 15.6 Å². The van der Waals surface area contributed by atoms with Crippen LogP contribution in [0, 0.1) is 13.8 Å². The third-order valence-electron chi connectivity index (χ3n) is 4.82. The first-order valence-electron chi connectivity index (χ1n) is 9.34. The normalized spacial score (nSPS) is 16.4. The van der Waals surface area contributed by atoms with Gasteiger partial charge in [-0.1, -0.05) is 38.5 Å². The Kier molecular flexibility index (Phi) is 5.67. The summed E-state index contributed by atoms with van der Waals surface area (Å²) in [4.78, 5) is 20.2. The highest BCUT2D eigenvalue weighted by atomic mass is 32.2. The number of carbonyl (C=O) groups excluding carboxylic acids is 1. The Hall–Kier alpha value is -1.77. The summed E-state index contributed by atoms with van der Waals surface area (Å²) in [5.41, 5.74) is 1.66. The molecule has 0 unspecified atom stereocenters. The molecule has 2 heterocycles. The number of benzene rings is 1. The fourth-order valence-corrected chi connectivity index (χ4v) is 5.56. The summed E-state index contributed by atoms with van der Waals surface area (Å²) in [6.07, 6.45) is 0. The molecule has 0 spiro atoms. The van der Waals surface area contributed by atoms with Crippen molar-refractivity contribution in [1.29, 1.82) is 0 Å². The van der Waals surface area contributed by atoms with Crippen molar-refractivity contribution in [2.45, 2.75) is 44.9 Å². The molecular weight excluding hydrogens is 394 g/mol. The Labute approximate surface area is 171 Å². The summed E-state index contributed by atoms with van der Waals surface area (Å²) in [5, 5.41) is 0.939. The van der Waals surface area contributed by atoms with Gasteiger partial charge in [-0.05, 0) is 26.0 Å². The third-order valence-corrected chi connectivity index (χ3v) is 8.30. The monoisotopic (exact) mass is 421 g/mol. The third kappa shape index (κ3) is 4.14. The quantitative estimate of drug-likeness (QED) is 0.763. The first-order valence-corrected chi connectivity index (χ1v) is 11.6. The van der Waals surface area contributed by atoms with E-state index in [1.807, 2.05) is 13.8 Å². The van der Waals surface area contributed by atoms with Gasteiger partial charge in [-0.25, -0.2) is 13.4 Å². The average Bonchev–Trinajstić information content (AvgIpc) is 3.04. The van der Waals surface area contributed by atoms with Gasteiger partial charge in [-0.15, -0.1) is 11.3 Å². The van der Waals surface area contributed by atoms with Gasteiger partial charge in [0, 0.05) is 31.6 Å². The zero-order chi connectivity index (χ0) is 20.7. The van der Waals surface area contributed by atoms with E-state index in [1.54, 1.807) is 29.2 Å². The summed E-state index contributed by atoms with van der Waals surface area (Å²) < 4.78 is 27.1. The second-order valence-electron chi connectivity index (χ2n) is 8.19. The number of aryl methyl sites for hydroxylation is 2. The number of piperazine rings is 1. The predicted octanol–water partition coefficient (Wildman–Crippen LogP) is 3.20. The van der Waals surface area contributed by atoms with Crippen LogP contribution in [-0.2, 0) is 15.4 Å². The molecule has 0 radical (unpaired) electrons. The van der Waals surface area contributed by atoms with Crippen LogP contribution in [0.4, 0.5) is 0 Å². The summed E-state index contributed by atoms with van der Waals surface area (Å²) in [6.45, 7) is 11.4. The number of carbonyl (C=O) groups is 1. The van der Waals surface area contributed by atoms with E-state index >= 15 is 0 Å². The van der Waals surface area contributed by atoms with Gasteiger partial charge in [-0.2, -0.15) is 4.31 Å². The summed E-state index contributed by atoms with van der Waals surface area (Å²) in [7, 11) is -3.53. The zero-order valence-corrected chi connectivity index (χ0v) is 18.7. The Morgan fingerprint density at radius 3 is 2.11 bits per heavy atom. The SMILES string of the molecule is Cc1ccc(S(=O)(=O)N2CCN(C(=O)c3sc(C(C)(C)C)nc3C)CC2)cc1. The van der Waals surface area contributed by atoms with E-state index in [2.05, 4.69) is 25.8 Å². The largest absolute Gasteiger partial charge is 0.335 e. The Morgan fingerprint density at radius 2 is 1.61 bits per heavy atom. The van der Waals surface area contributed by atoms with Crippen LogP contribution in [-0.4, -0.2) is 54.7 Å². The van der Waals surface area contributed by atoms with E-state index in [9.17, 15) is 13.2 Å². The first kappa shape index (κ1) is 21.0. The van der Waals surface area contributed by atoms with Crippen LogP contribution < -0.4 is 0 Å². The fraction of sp³-hybridized carbons (Fsp3) is 0.500. The minimum absolute atomic E-state index is 0.0575. The second kappa shape index (κ2) is 7.57. The number of rotatable bonds is 3. The molecule has 0 bridgehead atoms. The number of amides is 1.